The first kappa shape index (κ1) is 37.1. The molecule has 0 bridgehead atoms. The van der Waals surface area contributed by atoms with Crippen molar-refractivity contribution < 1.29 is 28.9 Å². The molecule has 1 aromatic heterocycles. The Morgan fingerprint density at radius 3 is 2.40 bits per heavy atom. The van der Waals surface area contributed by atoms with Gasteiger partial charge < -0.3 is 34.9 Å². The van der Waals surface area contributed by atoms with E-state index in [-0.39, 0.29) is 43.3 Å². The van der Waals surface area contributed by atoms with Crippen molar-refractivity contribution in [3.8, 4) is 11.6 Å². The van der Waals surface area contributed by atoms with Crippen LogP contribution in [-0.2, 0) is 32.2 Å². The summed E-state index contributed by atoms with van der Waals surface area (Å²) < 4.78 is 17.7. The van der Waals surface area contributed by atoms with Crippen LogP contribution in [-0.4, -0.2) is 76.2 Å². The molecule has 3 aliphatic rings. The quantitative estimate of drug-likeness (QED) is 0.193. The maximum atomic E-state index is 14.1. The molecule has 0 unspecified atom stereocenters. The maximum absolute atomic E-state index is 14.1. The number of guanidine groups is 1. The fourth-order valence-corrected chi connectivity index (χ4v) is 7.33. The van der Waals surface area contributed by atoms with E-state index in [1.165, 1.54) is 0 Å². The zero-order valence-electron chi connectivity index (χ0n) is 28.5. The lowest BCUT2D eigenvalue weighted by Gasteiger charge is -2.41. The van der Waals surface area contributed by atoms with Gasteiger partial charge >= 0.3 is 5.97 Å². The Morgan fingerprint density at radius 2 is 1.70 bits per heavy atom. The number of ether oxygens (including phenoxy) is 3. The van der Waals surface area contributed by atoms with Gasteiger partial charge in [0.2, 0.25) is 11.8 Å². The molecule has 3 aromatic rings. The van der Waals surface area contributed by atoms with Gasteiger partial charge in [0.25, 0.3) is 0 Å². The summed E-state index contributed by atoms with van der Waals surface area (Å²) in [6.07, 6.45) is 6.91. The number of nitrogens with two attached hydrogens (primary N) is 1. The predicted octanol–water partition coefficient (Wildman–Crippen LogP) is 6.01. The minimum atomic E-state index is -0.751. The van der Waals surface area contributed by atoms with Crippen LogP contribution in [0.25, 0.3) is 0 Å². The summed E-state index contributed by atoms with van der Waals surface area (Å²) in [5.74, 6) is 0.865. The standard InChI is InChI=1S/C38H47N5O6.H2S/c39-38-41-33-24-40-35(49-32-9-5-2-6-10-32)23-30(33)25-43(38)34(28-17-20-47-21-18-28)15-16-36(44)42(31-13-11-29(12-14-31)37(45)46)19-22-48-26-27-7-3-1-4-8-27;/h1-10,23-24,28-29,31,34H,11-22,25-26H2,(H2,39,41)(H,45,46);1H2/t29?,31?,34-;/m0./s1. The number of amides is 1. The molecule has 1 atom stereocenters. The highest BCUT2D eigenvalue weighted by molar-refractivity contribution is 7.59. The average Bonchev–Trinajstić information content (AvgIpc) is 3.13. The minimum Gasteiger partial charge on any atom is -0.481 e. The van der Waals surface area contributed by atoms with Crippen LogP contribution < -0.4 is 10.5 Å². The highest BCUT2D eigenvalue weighted by atomic mass is 32.1. The number of carbonyl (C=O) groups is 2. The van der Waals surface area contributed by atoms with E-state index in [0.29, 0.717) is 95.6 Å². The fourth-order valence-electron chi connectivity index (χ4n) is 7.33. The van der Waals surface area contributed by atoms with Crippen LogP contribution in [0.1, 0.15) is 62.5 Å². The fraction of sp³-hybridized carbons (Fsp3) is 0.474. The van der Waals surface area contributed by atoms with E-state index in [4.69, 9.17) is 24.9 Å². The number of carboxylic acid groups (broad SMARTS) is 1. The topological polar surface area (TPSA) is 140 Å². The van der Waals surface area contributed by atoms with Crippen LogP contribution in [0.2, 0.25) is 0 Å². The van der Waals surface area contributed by atoms with E-state index in [0.717, 1.165) is 29.7 Å². The number of aliphatic carboxylic acids is 1. The number of aliphatic imine (C=N–C) groups is 1. The number of hydrogen-bond donors (Lipinski definition) is 2. The van der Waals surface area contributed by atoms with Gasteiger partial charge in [-0.15, -0.1) is 0 Å². The molecular formula is C38H49N5O6S. The second-order valence-corrected chi connectivity index (χ2v) is 13.2. The molecule has 1 saturated heterocycles. The number of benzene rings is 2. The summed E-state index contributed by atoms with van der Waals surface area (Å²) in [5, 5.41) is 9.57. The van der Waals surface area contributed by atoms with Gasteiger partial charge in [-0.3, -0.25) is 9.59 Å². The van der Waals surface area contributed by atoms with Crippen LogP contribution in [0.3, 0.4) is 0 Å². The molecule has 1 amide bonds. The van der Waals surface area contributed by atoms with Crippen molar-refractivity contribution in [1.29, 1.82) is 0 Å². The Bertz CT molecular complexity index is 1560. The van der Waals surface area contributed by atoms with Gasteiger partial charge in [0.1, 0.15) is 5.75 Å². The highest BCUT2D eigenvalue weighted by Crippen LogP contribution is 2.35. The summed E-state index contributed by atoms with van der Waals surface area (Å²) in [4.78, 5) is 39.0. The normalized spacial score (nSPS) is 19.8. The molecular weight excluding hydrogens is 655 g/mol. The van der Waals surface area contributed by atoms with Gasteiger partial charge in [-0.05, 0) is 68.6 Å². The molecule has 1 saturated carbocycles. The van der Waals surface area contributed by atoms with E-state index in [9.17, 15) is 14.7 Å². The van der Waals surface area contributed by atoms with E-state index in [1.54, 1.807) is 6.20 Å². The number of para-hydroxylation sites is 1. The van der Waals surface area contributed by atoms with E-state index < -0.39 is 5.97 Å². The lowest BCUT2D eigenvalue weighted by molar-refractivity contribution is -0.143. The first-order valence-corrected chi connectivity index (χ1v) is 17.5. The summed E-state index contributed by atoms with van der Waals surface area (Å²) in [6, 6.07) is 21.4. The van der Waals surface area contributed by atoms with Gasteiger partial charge in [0.15, 0.2) is 5.96 Å². The van der Waals surface area contributed by atoms with Crippen molar-refractivity contribution in [2.75, 3.05) is 26.4 Å². The molecule has 1 aliphatic carbocycles. The summed E-state index contributed by atoms with van der Waals surface area (Å²) in [7, 11) is 0. The first-order chi connectivity index (χ1) is 23.9. The summed E-state index contributed by atoms with van der Waals surface area (Å²) >= 11 is 0. The lowest BCUT2D eigenvalue weighted by atomic mass is 9.84. The lowest BCUT2D eigenvalue weighted by Crippen LogP contribution is -2.50. The second kappa shape index (κ2) is 18.2. The molecule has 0 spiro atoms. The number of carboxylic acids is 1. The molecule has 2 fully saturated rings. The van der Waals surface area contributed by atoms with Crippen molar-refractivity contribution >= 4 is 37.0 Å². The number of carbonyl (C=O) groups excluding carboxylic acids is 1. The van der Waals surface area contributed by atoms with Gasteiger partial charge in [-0.1, -0.05) is 48.5 Å². The molecule has 268 valence electrons. The smallest absolute Gasteiger partial charge is 0.306 e. The van der Waals surface area contributed by atoms with E-state index in [1.807, 2.05) is 71.6 Å². The molecule has 12 heteroatoms. The molecule has 3 N–H and O–H groups in total. The number of fused-ring (bicyclic) bond motifs is 1. The van der Waals surface area contributed by atoms with Crippen LogP contribution in [0, 0.1) is 11.8 Å². The third-order valence-corrected chi connectivity index (χ3v) is 10.0. The van der Waals surface area contributed by atoms with Crippen LogP contribution in [0.15, 0.2) is 77.9 Å². The van der Waals surface area contributed by atoms with Crippen LogP contribution in [0.4, 0.5) is 5.69 Å². The van der Waals surface area contributed by atoms with Crippen LogP contribution in [0.5, 0.6) is 11.6 Å². The number of hydrogen-bond acceptors (Lipinski definition) is 9. The zero-order valence-corrected chi connectivity index (χ0v) is 29.5. The Kier molecular flexibility index (Phi) is 13.5. The van der Waals surface area contributed by atoms with Gasteiger partial charge in [0, 0.05) is 56.4 Å². The molecule has 11 nitrogen and oxygen atoms in total. The Balaban J connectivity index is 0.00000486. The van der Waals surface area contributed by atoms with E-state index in [2.05, 4.69) is 9.88 Å². The van der Waals surface area contributed by atoms with Gasteiger partial charge in [-0.2, -0.15) is 13.5 Å². The van der Waals surface area contributed by atoms with Crippen molar-refractivity contribution in [3.63, 3.8) is 0 Å². The van der Waals surface area contributed by atoms with Crippen molar-refractivity contribution in [2.24, 2.45) is 22.6 Å². The number of rotatable bonds is 14. The Labute approximate surface area is 301 Å². The molecule has 0 radical (unpaired) electrons. The number of aromatic nitrogens is 1. The summed E-state index contributed by atoms with van der Waals surface area (Å²) in [5.41, 5.74) is 9.40. The van der Waals surface area contributed by atoms with Gasteiger partial charge in [0.05, 0.1) is 31.0 Å². The minimum absolute atomic E-state index is 0. The number of nitrogens with zero attached hydrogens (tertiary/aromatic N) is 4. The van der Waals surface area contributed by atoms with Crippen molar-refractivity contribution in [2.45, 2.75) is 76.6 Å². The molecule has 3 heterocycles. The molecule has 50 heavy (non-hydrogen) atoms. The highest BCUT2D eigenvalue weighted by Gasteiger charge is 2.35. The summed E-state index contributed by atoms with van der Waals surface area (Å²) in [6.45, 7) is 3.23. The largest absolute Gasteiger partial charge is 0.481 e. The Morgan fingerprint density at radius 1 is 1.00 bits per heavy atom. The van der Waals surface area contributed by atoms with Gasteiger partial charge in [-0.25, -0.2) is 9.98 Å². The van der Waals surface area contributed by atoms with Crippen molar-refractivity contribution in [3.05, 3.63) is 84.1 Å². The predicted molar refractivity (Wildman–Crippen MR) is 196 cm³/mol. The third-order valence-electron chi connectivity index (χ3n) is 10.0. The number of pyridine rings is 1. The third kappa shape index (κ3) is 9.76. The van der Waals surface area contributed by atoms with Crippen molar-refractivity contribution in [1.82, 2.24) is 14.8 Å². The molecule has 2 aromatic carbocycles. The van der Waals surface area contributed by atoms with E-state index >= 15 is 0 Å². The maximum Gasteiger partial charge on any atom is 0.306 e. The second-order valence-electron chi connectivity index (χ2n) is 13.2. The first-order valence-electron chi connectivity index (χ1n) is 17.5. The molecule has 6 rings (SSSR count). The van der Waals surface area contributed by atoms with Crippen LogP contribution >= 0.6 is 13.5 Å². The Hall–Kier alpha value is -4.13. The average molecular weight is 704 g/mol. The molecule has 2 aliphatic heterocycles. The SMILES string of the molecule is NC1=Nc2cnc(Oc3ccccc3)cc2CN1[C@@H](CCC(=O)N(CCOCc1ccccc1)C1CCC(C(=O)O)CC1)C1CCOCC1.S. The monoisotopic (exact) mass is 703 g/mol. The zero-order chi connectivity index (χ0) is 34.0.